The number of alkyl halides is 2. The second-order valence-corrected chi connectivity index (χ2v) is 23.8. The van der Waals surface area contributed by atoms with Crippen molar-refractivity contribution in [2.45, 2.75) is 212 Å². The number of hydrogen-bond acceptors (Lipinski definition) is 5. The lowest BCUT2D eigenvalue weighted by Gasteiger charge is -2.29. The molecule has 0 heterocycles. The first-order valence-corrected chi connectivity index (χ1v) is 30.6. The number of halogens is 7. The molecule has 5 aliphatic rings. The summed E-state index contributed by atoms with van der Waals surface area (Å²) in [5.74, 6) is -4.34. The molecule has 0 amide bonds. The highest BCUT2D eigenvalue weighted by atomic mass is 19.3. The van der Waals surface area contributed by atoms with E-state index in [-0.39, 0.29) is 17.7 Å². The van der Waals surface area contributed by atoms with Crippen LogP contribution in [0.25, 0.3) is 22.3 Å². The van der Waals surface area contributed by atoms with E-state index in [0.29, 0.717) is 85.2 Å². The van der Waals surface area contributed by atoms with Crippen molar-refractivity contribution in [2.75, 3.05) is 26.4 Å². The zero-order valence-electron chi connectivity index (χ0n) is 46.1. The topological polar surface area (TPSA) is 46.2 Å². The number of hydrogen-bond donors (Lipinski definition) is 0. The van der Waals surface area contributed by atoms with Gasteiger partial charge in [-0.15, -0.1) is 0 Å². The van der Waals surface area contributed by atoms with Crippen molar-refractivity contribution in [3.63, 3.8) is 0 Å². The average Bonchev–Trinajstić information content (AvgIpc) is 3.56. The van der Waals surface area contributed by atoms with Gasteiger partial charge >= 0.3 is 6.11 Å². The lowest BCUT2D eigenvalue weighted by atomic mass is 9.84. The second kappa shape index (κ2) is 28.7. The molecule has 0 radical (unpaired) electrons. The van der Waals surface area contributed by atoms with Crippen molar-refractivity contribution in [1.29, 1.82) is 0 Å². The van der Waals surface area contributed by atoms with Crippen molar-refractivity contribution in [2.24, 2.45) is 29.6 Å². The number of benzene rings is 4. The normalized spacial score (nSPS) is 18.8. The summed E-state index contributed by atoms with van der Waals surface area (Å²) in [6.45, 7) is 2.06. The Morgan fingerprint density at radius 1 is 0.385 bits per heavy atom. The van der Waals surface area contributed by atoms with Crippen molar-refractivity contribution >= 4 is 0 Å². The molecule has 0 unspecified atom stereocenters. The molecule has 428 valence electrons. The molecule has 0 aromatic heterocycles. The molecule has 0 atom stereocenters. The summed E-state index contributed by atoms with van der Waals surface area (Å²) >= 11 is 0. The summed E-state index contributed by atoms with van der Waals surface area (Å²) in [7, 11) is 0. The molecule has 0 aliphatic heterocycles. The van der Waals surface area contributed by atoms with Gasteiger partial charge in [-0.1, -0.05) is 191 Å². The first kappa shape index (κ1) is 58.1. The molecule has 9 rings (SSSR count). The van der Waals surface area contributed by atoms with E-state index in [4.69, 9.17) is 18.9 Å². The third-order valence-corrected chi connectivity index (χ3v) is 18.2. The Bertz CT molecular complexity index is 2380. The number of rotatable bonds is 25. The van der Waals surface area contributed by atoms with Gasteiger partial charge < -0.3 is 23.7 Å². The predicted molar refractivity (Wildman–Crippen MR) is 294 cm³/mol. The highest BCUT2D eigenvalue weighted by Gasteiger charge is 2.42. The molecule has 0 saturated heterocycles. The zero-order valence-corrected chi connectivity index (χ0v) is 46.1. The SMILES string of the molecule is Fc1cc(OC(F)(F)c2c(F)cc(-c3ccc(-c4c(CCCC5CCCCC5)c(OCCC5CCCCC5)c(OCCC5CCCCC5)c(OCCC5CCCCC5)c4OCCC4CCCCC4)cc3)cc2F)cc(F)c1F. The largest absolute Gasteiger partial charge is 0.489 e. The van der Waals surface area contributed by atoms with Crippen LogP contribution in [0, 0.1) is 58.7 Å². The van der Waals surface area contributed by atoms with Crippen molar-refractivity contribution in [1.82, 2.24) is 0 Å². The summed E-state index contributed by atoms with van der Waals surface area (Å²) in [6.07, 6.45) is 32.5. The molecule has 4 aromatic carbocycles. The molecule has 0 bridgehead atoms. The zero-order chi connectivity index (χ0) is 54.3. The molecular weight excluding hydrogens is 1010 g/mol. The van der Waals surface area contributed by atoms with E-state index in [9.17, 15) is 13.2 Å². The first-order chi connectivity index (χ1) is 38.0. The van der Waals surface area contributed by atoms with Crippen LogP contribution in [0.15, 0.2) is 48.5 Å². The minimum atomic E-state index is -4.72. The third kappa shape index (κ3) is 15.6. The van der Waals surface area contributed by atoms with Crippen molar-refractivity contribution < 1.29 is 54.4 Å². The summed E-state index contributed by atoms with van der Waals surface area (Å²) < 4.78 is 137. The van der Waals surface area contributed by atoms with Gasteiger partial charge in [0, 0.05) is 23.3 Å². The molecule has 0 spiro atoms. The number of ether oxygens (including phenoxy) is 5. The lowest BCUT2D eigenvalue weighted by Crippen LogP contribution is -2.25. The van der Waals surface area contributed by atoms with Gasteiger partial charge in [0.25, 0.3) is 0 Å². The Kier molecular flexibility index (Phi) is 21.4. The minimum absolute atomic E-state index is 0.0215. The van der Waals surface area contributed by atoms with Gasteiger partial charge in [-0.2, -0.15) is 8.78 Å². The highest BCUT2D eigenvalue weighted by Crippen LogP contribution is 2.55. The fourth-order valence-electron chi connectivity index (χ4n) is 13.7. The van der Waals surface area contributed by atoms with Crippen LogP contribution in [0.4, 0.5) is 30.7 Å². The summed E-state index contributed by atoms with van der Waals surface area (Å²) in [6, 6.07) is 9.17. The maximum atomic E-state index is 15.9. The van der Waals surface area contributed by atoms with Crippen LogP contribution in [0.3, 0.4) is 0 Å². The second-order valence-electron chi connectivity index (χ2n) is 23.8. The van der Waals surface area contributed by atoms with E-state index in [1.54, 1.807) is 12.1 Å². The molecular formula is C66H85F7O5. The lowest BCUT2D eigenvalue weighted by molar-refractivity contribution is -0.189. The smallest absolute Gasteiger partial charge is 0.432 e. The summed E-state index contributed by atoms with van der Waals surface area (Å²) in [4.78, 5) is 0. The van der Waals surface area contributed by atoms with Gasteiger partial charge in [0.1, 0.15) is 22.9 Å². The van der Waals surface area contributed by atoms with Crippen LogP contribution >= 0.6 is 0 Å². The third-order valence-electron chi connectivity index (χ3n) is 18.2. The Morgan fingerprint density at radius 3 is 1.17 bits per heavy atom. The fourth-order valence-corrected chi connectivity index (χ4v) is 13.7. The molecule has 5 aliphatic carbocycles. The average molecular weight is 1090 g/mol. The van der Waals surface area contributed by atoms with Crippen LogP contribution in [-0.2, 0) is 12.5 Å². The molecule has 78 heavy (non-hydrogen) atoms. The standard InChI is InChI=1S/C66H85F7O5/c67-55-41-52(42-56(68)60(55)66(72,73)78-53-43-57(69)61(71)58(70)44-53)50-29-31-51(32-30-50)59-54(28-16-27-45-17-6-1-7-18-45)62(74-37-33-46-19-8-2-9-20-46)64(76-39-35-48-23-12-4-13-24-48)65(77-40-36-49-25-14-5-15-26-49)63(59)75-38-34-47-21-10-3-11-22-47/h29-32,41-49H,1-28,33-40H2. The minimum Gasteiger partial charge on any atom is -0.489 e. The van der Waals surface area contributed by atoms with Crippen LogP contribution in [-0.4, -0.2) is 26.4 Å². The van der Waals surface area contributed by atoms with Crippen LogP contribution in [0.5, 0.6) is 28.7 Å². The monoisotopic (exact) mass is 1090 g/mol. The van der Waals surface area contributed by atoms with E-state index in [1.807, 2.05) is 12.1 Å². The maximum Gasteiger partial charge on any atom is 0.432 e. The maximum absolute atomic E-state index is 15.9. The molecule has 0 N–H and O–H groups in total. The molecule has 5 fully saturated rings. The van der Waals surface area contributed by atoms with E-state index < -0.39 is 46.5 Å². The van der Waals surface area contributed by atoms with Crippen LogP contribution in [0.2, 0.25) is 0 Å². The first-order valence-electron chi connectivity index (χ1n) is 30.6. The molecule has 12 heteroatoms. The van der Waals surface area contributed by atoms with E-state index in [1.165, 1.54) is 161 Å². The van der Waals surface area contributed by atoms with Gasteiger partial charge in [-0.25, -0.2) is 22.0 Å². The van der Waals surface area contributed by atoms with Gasteiger partial charge in [0.15, 0.2) is 29.0 Å². The fraction of sp³-hybridized carbons (Fsp3) is 0.636. The molecule has 5 saturated carbocycles. The summed E-state index contributed by atoms with van der Waals surface area (Å²) in [5.41, 5.74) is 1.22. The summed E-state index contributed by atoms with van der Waals surface area (Å²) in [5, 5.41) is 0. The van der Waals surface area contributed by atoms with Gasteiger partial charge in [0.05, 0.1) is 26.4 Å². The van der Waals surface area contributed by atoms with Gasteiger partial charge in [-0.05, 0) is 96.9 Å². The Balaban J connectivity index is 1.13. The Hall–Kier alpha value is -4.61. The highest BCUT2D eigenvalue weighted by molar-refractivity contribution is 5.85. The van der Waals surface area contributed by atoms with Crippen LogP contribution in [0.1, 0.15) is 210 Å². The van der Waals surface area contributed by atoms with Gasteiger partial charge in [-0.3, -0.25) is 0 Å². The Labute approximate surface area is 460 Å². The molecule has 5 nitrogen and oxygen atoms in total. The predicted octanol–water partition coefficient (Wildman–Crippen LogP) is 20.1. The quantitative estimate of drug-likeness (QED) is 0.0489. The van der Waals surface area contributed by atoms with Gasteiger partial charge in [0.2, 0.25) is 11.5 Å². The molecule has 4 aromatic rings. The Morgan fingerprint density at radius 2 is 0.744 bits per heavy atom. The van der Waals surface area contributed by atoms with Crippen LogP contribution < -0.4 is 23.7 Å². The van der Waals surface area contributed by atoms with Crippen molar-refractivity contribution in [3.8, 4) is 51.0 Å². The van der Waals surface area contributed by atoms with E-state index in [0.717, 1.165) is 73.1 Å². The van der Waals surface area contributed by atoms with E-state index >= 15 is 17.6 Å². The van der Waals surface area contributed by atoms with E-state index in [2.05, 4.69) is 4.74 Å². The van der Waals surface area contributed by atoms with Crippen molar-refractivity contribution in [3.05, 3.63) is 88.7 Å².